The summed E-state index contributed by atoms with van der Waals surface area (Å²) in [5.74, 6) is 0.778. The highest BCUT2D eigenvalue weighted by molar-refractivity contribution is 4.81. The first-order valence-electron chi connectivity index (χ1n) is 4.88. The maximum Gasteiger partial charge on any atom is 0.0608 e. The molecule has 2 atom stereocenters. The lowest BCUT2D eigenvalue weighted by Crippen LogP contribution is -2.13. The Morgan fingerprint density at radius 3 is 2.50 bits per heavy atom. The van der Waals surface area contributed by atoms with Gasteiger partial charge >= 0.3 is 0 Å². The lowest BCUT2D eigenvalue weighted by Gasteiger charge is -2.17. The van der Waals surface area contributed by atoms with Crippen LogP contribution in [0, 0.1) is 5.92 Å². The molecule has 0 heterocycles. The van der Waals surface area contributed by atoms with Crippen molar-refractivity contribution in [1.29, 1.82) is 0 Å². The zero-order valence-electron chi connectivity index (χ0n) is 8.84. The van der Waals surface area contributed by atoms with Gasteiger partial charge in [-0.3, -0.25) is 0 Å². The Hall–Kier alpha value is -0.300. The second-order valence-electron chi connectivity index (χ2n) is 3.41. The average Bonchev–Trinajstić information content (AvgIpc) is 2.11. The highest BCUT2D eigenvalue weighted by atomic mass is 16.5. The molecular weight excluding hydrogens is 148 g/mol. The molecule has 0 saturated carbocycles. The molecule has 0 aliphatic heterocycles. The summed E-state index contributed by atoms with van der Waals surface area (Å²) in [5, 5.41) is 0. The molecule has 72 valence electrons. The molecule has 0 amide bonds. The van der Waals surface area contributed by atoms with Crippen LogP contribution in [0.2, 0.25) is 0 Å². The van der Waals surface area contributed by atoms with Gasteiger partial charge in [-0.2, -0.15) is 0 Å². The summed E-state index contributed by atoms with van der Waals surface area (Å²) >= 11 is 0. The molecule has 0 aromatic carbocycles. The molecule has 0 bridgehead atoms. The summed E-state index contributed by atoms with van der Waals surface area (Å²) in [7, 11) is 1.80. The van der Waals surface area contributed by atoms with E-state index in [-0.39, 0.29) is 0 Å². The Balaban J connectivity index is 3.66. The Morgan fingerprint density at radius 1 is 1.42 bits per heavy atom. The van der Waals surface area contributed by atoms with E-state index >= 15 is 0 Å². The first-order valence-corrected chi connectivity index (χ1v) is 4.88. The molecule has 1 nitrogen and oxygen atoms in total. The van der Waals surface area contributed by atoms with Crippen LogP contribution in [-0.4, -0.2) is 13.2 Å². The molecule has 0 fully saturated rings. The minimum absolute atomic E-state index is 0.413. The van der Waals surface area contributed by atoms with E-state index in [0.717, 1.165) is 12.3 Å². The summed E-state index contributed by atoms with van der Waals surface area (Å²) in [5.41, 5.74) is 0. The molecule has 0 spiro atoms. The molecule has 0 N–H and O–H groups in total. The SMILES string of the molecule is CC=CCC(CC(C)CC)OC. The highest BCUT2D eigenvalue weighted by Crippen LogP contribution is 2.14. The van der Waals surface area contributed by atoms with Crippen LogP contribution in [0.4, 0.5) is 0 Å². The van der Waals surface area contributed by atoms with Gasteiger partial charge in [0.2, 0.25) is 0 Å². The van der Waals surface area contributed by atoms with Crippen LogP contribution >= 0.6 is 0 Å². The van der Waals surface area contributed by atoms with E-state index < -0.39 is 0 Å². The van der Waals surface area contributed by atoms with Crippen molar-refractivity contribution in [3.05, 3.63) is 12.2 Å². The number of allylic oxidation sites excluding steroid dienone is 1. The maximum absolute atomic E-state index is 5.37. The predicted octanol–water partition coefficient (Wildman–Crippen LogP) is 3.40. The van der Waals surface area contributed by atoms with Crippen molar-refractivity contribution in [1.82, 2.24) is 0 Å². The van der Waals surface area contributed by atoms with Crippen molar-refractivity contribution >= 4 is 0 Å². The van der Waals surface area contributed by atoms with Crippen LogP contribution < -0.4 is 0 Å². The van der Waals surface area contributed by atoms with Gasteiger partial charge in [-0.05, 0) is 25.7 Å². The first-order chi connectivity index (χ1) is 5.74. The second-order valence-corrected chi connectivity index (χ2v) is 3.41. The van der Waals surface area contributed by atoms with Gasteiger partial charge in [-0.15, -0.1) is 0 Å². The van der Waals surface area contributed by atoms with Crippen molar-refractivity contribution in [3.8, 4) is 0 Å². The Labute approximate surface area is 76.8 Å². The summed E-state index contributed by atoms with van der Waals surface area (Å²) < 4.78 is 5.37. The van der Waals surface area contributed by atoms with Gasteiger partial charge in [0.15, 0.2) is 0 Å². The van der Waals surface area contributed by atoms with Crippen molar-refractivity contribution in [2.45, 2.75) is 46.1 Å². The van der Waals surface area contributed by atoms with Crippen molar-refractivity contribution < 1.29 is 4.74 Å². The fourth-order valence-electron chi connectivity index (χ4n) is 1.19. The Bertz CT molecular complexity index is 118. The number of methoxy groups -OCH3 is 1. The third-order valence-electron chi connectivity index (χ3n) is 2.33. The molecule has 0 radical (unpaired) electrons. The van der Waals surface area contributed by atoms with Crippen molar-refractivity contribution in [3.63, 3.8) is 0 Å². The van der Waals surface area contributed by atoms with Crippen molar-refractivity contribution in [2.75, 3.05) is 7.11 Å². The van der Waals surface area contributed by atoms with E-state index in [9.17, 15) is 0 Å². The van der Waals surface area contributed by atoms with Gasteiger partial charge in [0.05, 0.1) is 6.10 Å². The quantitative estimate of drug-likeness (QED) is 0.555. The first kappa shape index (κ1) is 11.7. The normalized spacial score (nSPS) is 16.7. The average molecular weight is 170 g/mol. The van der Waals surface area contributed by atoms with E-state index in [1.54, 1.807) is 7.11 Å². The zero-order valence-corrected chi connectivity index (χ0v) is 8.84. The minimum atomic E-state index is 0.413. The molecule has 0 aromatic rings. The van der Waals surface area contributed by atoms with Gasteiger partial charge < -0.3 is 4.74 Å². The van der Waals surface area contributed by atoms with Crippen LogP contribution in [-0.2, 0) is 4.74 Å². The van der Waals surface area contributed by atoms with Crippen LogP contribution in [0.3, 0.4) is 0 Å². The lowest BCUT2D eigenvalue weighted by atomic mass is 9.99. The molecule has 12 heavy (non-hydrogen) atoms. The third kappa shape index (κ3) is 5.36. The topological polar surface area (TPSA) is 9.23 Å². The summed E-state index contributed by atoms with van der Waals surface area (Å²) in [6.45, 7) is 6.56. The highest BCUT2D eigenvalue weighted by Gasteiger charge is 2.08. The van der Waals surface area contributed by atoms with E-state index in [2.05, 4.69) is 32.9 Å². The molecule has 0 aliphatic rings. The van der Waals surface area contributed by atoms with Gasteiger partial charge in [0, 0.05) is 7.11 Å². The number of hydrogen-bond acceptors (Lipinski definition) is 1. The number of rotatable bonds is 6. The Morgan fingerprint density at radius 2 is 2.08 bits per heavy atom. The molecule has 0 aliphatic carbocycles. The summed E-state index contributed by atoms with van der Waals surface area (Å²) in [4.78, 5) is 0. The van der Waals surface area contributed by atoms with E-state index in [4.69, 9.17) is 4.74 Å². The van der Waals surface area contributed by atoms with E-state index in [0.29, 0.717) is 6.10 Å². The lowest BCUT2D eigenvalue weighted by molar-refractivity contribution is 0.0842. The Kier molecular flexibility index (Phi) is 7.17. The second kappa shape index (κ2) is 7.35. The van der Waals surface area contributed by atoms with E-state index in [1.807, 2.05) is 0 Å². The fourth-order valence-corrected chi connectivity index (χ4v) is 1.19. The number of ether oxygens (including phenoxy) is 1. The van der Waals surface area contributed by atoms with Gasteiger partial charge in [-0.1, -0.05) is 32.4 Å². The molecule has 1 heteroatoms. The van der Waals surface area contributed by atoms with Crippen LogP contribution in [0.25, 0.3) is 0 Å². The van der Waals surface area contributed by atoms with Gasteiger partial charge in [-0.25, -0.2) is 0 Å². The maximum atomic E-state index is 5.37. The van der Waals surface area contributed by atoms with Crippen LogP contribution in [0.15, 0.2) is 12.2 Å². The summed E-state index contributed by atoms with van der Waals surface area (Å²) in [6.07, 6.45) is 8.15. The van der Waals surface area contributed by atoms with E-state index in [1.165, 1.54) is 12.8 Å². The smallest absolute Gasteiger partial charge is 0.0608 e. The predicted molar refractivity (Wildman–Crippen MR) is 54.3 cm³/mol. The van der Waals surface area contributed by atoms with Crippen LogP contribution in [0.1, 0.15) is 40.0 Å². The minimum Gasteiger partial charge on any atom is -0.381 e. The van der Waals surface area contributed by atoms with Gasteiger partial charge in [0.25, 0.3) is 0 Å². The van der Waals surface area contributed by atoms with Gasteiger partial charge in [0.1, 0.15) is 0 Å². The summed E-state index contributed by atoms with van der Waals surface area (Å²) in [6, 6.07) is 0. The largest absolute Gasteiger partial charge is 0.381 e. The monoisotopic (exact) mass is 170 g/mol. The molecule has 2 unspecified atom stereocenters. The zero-order chi connectivity index (χ0) is 9.40. The molecule has 0 aromatic heterocycles. The number of hydrogen-bond donors (Lipinski definition) is 0. The van der Waals surface area contributed by atoms with Crippen molar-refractivity contribution in [2.24, 2.45) is 5.92 Å². The van der Waals surface area contributed by atoms with Crippen LogP contribution in [0.5, 0.6) is 0 Å². The molecular formula is C11H22O. The standard InChI is InChI=1S/C11H22O/c1-5-7-8-11(12-4)9-10(3)6-2/h5,7,10-11H,6,8-9H2,1-4H3. The molecule has 0 saturated heterocycles. The fraction of sp³-hybridized carbons (Fsp3) is 0.818. The molecule has 0 rings (SSSR count). The third-order valence-corrected chi connectivity index (χ3v) is 2.33.